The van der Waals surface area contributed by atoms with Crippen molar-refractivity contribution in [3.05, 3.63) is 58.3 Å². The Bertz CT molecular complexity index is 808. The van der Waals surface area contributed by atoms with Crippen LogP contribution in [0.15, 0.2) is 51.8 Å². The molecule has 0 aliphatic heterocycles. The summed E-state index contributed by atoms with van der Waals surface area (Å²) in [5.74, 6) is -2.40. The maximum absolute atomic E-state index is 13.8. The molecule has 2 aromatic rings. The maximum Gasteiger partial charge on any atom is 0.337 e. The van der Waals surface area contributed by atoms with Gasteiger partial charge in [-0.1, -0.05) is 18.2 Å². The number of hydrogen-bond acceptors (Lipinski definition) is 3. The van der Waals surface area contributed by atoms with E-state index in [1.807, 2.05) is 4.72 Å². The topological polar surface area (TPSA) is 83.5 Å². The summed E-state index contributed by atoms with van der Waals surface area (Å²) in [6, 6.07) is 9.22. The molecule has 0 bridgehead atoms. The van der Waals surface area contributed by atoms with Crippen LogP contribution in [0.25, 0.3) is 0 Å². The van der Waals surface area contributed by atoms with E-state index >= 15 is 0 Å². The van der Waals surface area contributed by atoms with Crippen molar-refractivity contribution in [2.75, 3.05) is 4.72 Å². The summed E-state index contributed by atoms with van der Waals surface area (Å²) >= 11 is 3.08. The van der Waals surface area contributed by atoms with Crippen LogP contribution in [0.1, 0.15) is 10.4 Å². The highest BCUT2D eigenvalue weighted by Gasteiger charge is 2.22. The normalized spacial score (nSPS) is 11.1. The van der Waals surface area contributed by atoms with Gasteiger partial charge in [0.25, 0.3) is 10.0 Å². The minimum Gasteiger partial charge on any atom is -0.478 e. The molecule has 21 heavy (non-hydrogen) atoms. The zero-order valence-electron chi connectivity index (χ0n) is 10.4. The molecule has 0 radical (unpaired) electrons. The highest BCUT2D eigenvalue weighted by molar-refractivity contribution is 9.10. The van der Waals surface area contributed by atoms with Crippen molar-refractivity contribution in [2.24, 2.45) is 0 Å². The van der Waals surface area contributed by atoms with Gasteiger partial charge >= 0.3 is 5.97 Å². The molecule has 0 saturated carbocycles. The van der Waals surface area contributed by atoms with E-state index in [1.165, 1.54) is 24.3 Å². The van der Waals surface area contributed by atoms with Gasteiger partial charge in [0.1, 0.15) is 10.7 Å². The van der Waals surface area contributed by atoms with Crippen LogP contribution in [0.4, 0.5) is 10.1 Å². The standard InChI is InChI=1S/C13H9BrFNO4S/c14-9-5-1-2-7-11(9)21(19,20)16-12-8(13(17)18)4-3-6-10(12)15/h1-7,16H,(H,17,18). The summed E-state index contributed by atoms with van der Waals surface area (Å²) in [6.07, 6.45) is 0. The second kappa shape index (κ2) is 5.82. The minimum atomic E-state index is -4.12. The summed E-state index contributed by atoms with van der Waals surface area (Å²) in [6.45, 7) is 0. The summed E-state index contributed by atoms with van der Waals surface area (Å²) in [7, 11) is -4.12. The Morgan fingerprint density at radius 2 is 1.81 bits per heavy atom. The molecule has 110 valence electrons. The van der Waals surface area contributed by atoms with Gasteiger partial charge in [-0.15, -0.1) is 0 Å². The fourth-order valence-corrected chi connectivity index (χ4v) is 3.75. The minimum absolute atomic E-state index is 0.121. The maximum atomic E-state index is 13.8. The highest BCUT2D eigenvalue weighted by Crippen LogP contribution is 2.27. The zero-order valence-corrected chi connectivity index (χ0v) is 12.8. The first-order valence-corrected chi connectivity index (χ1v) is 7.89. The lowest BCUT2D eigenvalue weighted by Gasteiger charge is -2.12. The molecule has 2 aromatic carbocycles. The van der Waals surface area contributed by atoms with Gasteiger partial charge < -0.3 is 5.11 Å². The van der Waals surface area contributed by atoms with Crippen molar-refractivity contribution in [3.63, 3.8) is 0 Å². The fourth-order valence-electron chi connectivity index (χ4n) is 1.66. The number of sulfonamides is 1. The molecule has 2 rings (SSSR count). The van der Waals surface area contributed by atoms with E-state index < -0.39 is 33.1 Å². The Hall–Kier alpha value is -1.93. The third-order valence-electron chi connectivity index (χ3n) is 2.61. The first-order chi connectivity index (χ1) is 9.83. The third kappa shape index (κ3) is 3.22. The molecule has 0 saturated heterocycles. The molecular formula is C13H9BrFNO4S. The van der Waals surface area contributed by atoms with E-state index in [2.05, 4.69) is 15.9 Å². The van der Waals surface area contributed by atoms with Crippen molar-refractivity contribution < 1.29 is 22.7 Å². The van der Waals surface area contributed by atoms with E-state index in [0.29, 0.717) is 0 Å². The number of carbonyl (C=O) groups is 1. The van der Waals surface area contributed by atoms with Crippen molar-refractivity contribution in [1.82, 2.24) is 0 Å². The van der Waals surface area contributed by atoms with Crippen LogP contribution in [-0.2, 0) is 10.0 Å². The second-order valence-corrected chi connectivity index (χ2v) is 6.51. The summed E-state index contributed by atoms with van der Waals surface area (Å²) in [4.78, 5) is 10.9. The van der Waals surface area contributed by atoms with Crippen LogP contribution in [0.5, 0.6) is 0 Å². The predicted octanol–water partition coefficient (Wildman–Crippen LogP) is 3.09. The van der Waals surface area contributed by atoms with E-state index in [9.17, 15) is 17.6 Å². The van der Waals surface area contributed by atoms with Gasteiger partial charge in [0.2, 0.25) is 0 Å². The summed E-state index contributed by atoms with van der Waals surface area (Å²) in [5, 5.41) is 9.00. The van der Waals surface area contributed by atoms with Gasteiger partial charge in [-0.3, -0.25) is 4.72 Å². The van der Waals surface area contributed by atoms with Crippen LogP contribution in [-0.4, -0.2) is 19.5 Å². The number of carboxylic acid groups (broad SMARTS) is 1. The van der Waals surface area contributed by atoms with Gasteiger partial charge in [-0.2, -0.15) is 0 Å². The number of nitrogens with one attached hydrogen (secondary N) is 1. The smallest absolute Gasteiger partial charge is 0.337 e. The van der Waals surface area contributed by atoms with Gasteiger partial charge in [0.15, 0.2) is 0 Å². The van der Waals surface area contributed by atoms with Crippen molar-refractivity contribution in [2.45, 2.75) is 4.90 Å². The summed E-state index contributed by atoms with van der Waals surface area (Å²) in [5.41, 5.74) is -1.06. The number of benzene rings is 2. The lowest BCUT2D eigenvalue weighted by atomic mass is 10.2. The molecular weight excluding hydrogens is 365 g/mol. The SMILES string of the molecule is O=C(O)c1cccc(F)c1NS(=O)(=O)c1ccccc1Br. The first kappa shape index (κ1) is 15.5. The Morgan fingerprint density at radius 1 is 1.14 bits per heavy atom. The molecule has 0 aliphatic rings. The number of para-hydroxylation sites is 1. The fraction of sp³-hybridized carbons (Fsp3) is 0. The Labute approximate surface area is 128 Å². The molecule has 0 fully saturated rings. The van der Waals surface area contributed by atoms with E-state index in [1.54, 1.807) is 6.07 Å². The molecule has 2 N–H and O–H groups in total. The van der Waals surface area contributed by atoms with E-state index in [-0.39, 0.29) is 9.37 Å². The molecule has 0 heterocycles. The predicted molar refractivity (Wildman–Crippen MR) is 78.3 cm³/mol. The quantitative estimate of drug-likeness (QED) is 0.862. The number of carboxylic acids is 1. The molecule has 8 heteroatoms. The molecule has 0 unspecified atom stereocenters. The molecule has 0 aliphatic carbocycles. The number of hydrogen-bond donors (Lipinski definition) is 2. The average molecular weight is 374 g/mol. The van der Waals surface area contributed by atoms with Gasteiger partial charge in [0.05, 0.1) is 11.3 Å². The summed E-state index contributed by atoms with van der Waals surface area (Å²) < 4.78 is 40.5. The second-order valence-electron chi connectivity index (χ2n) is 4.00. The van der Waals surface area contributed by atoms with Crippen LogP contribution < -0.4 is 4.72 Å². The molecule has 0 spiro atoms. The molecule has 0 amide bonds. The third-order valence-corrected chi connectivity index (χ3v) is 4.97. The lowest BCUT2D eigenvalue weighted by Crippen LogP contribution is -2.17. The van der Waals surface area contributed by atoms with Gasteiger partial charge in [0, 0.05) is 4.47 Å². The van der Waals surface area contributed by atoms with Crippen LogP contribution >= 0.6 is 15.9 Å². The van der Waals surface area contributed by atoms with Crippen LogP contribution in [0.2, 0.25) is 0 Å². The lowest BCUT2D eigenvalue weighted by molar-refractivity contribution is 0.0697. The Balaban J connectivity index is 2.52. The van der Waals surface area contributed by atoms with E-state index in [0.717, 1.165) is 12.1 Å². The van der Waals surface area contributed by atoms with E-state index in [4.69, 9.17) is 5.11 Å². The number of rotatable bonds is 4. The van der Waals surface area contributed by atoms with Gasteiger partial charge in [-0.05, 0) is 40.2 Å². The zero-order chi connectivity index (χ0) is 15.6. The van der Waals surface area contributed by atoms with Crippen LogP contribution in [0, 0.1) is 5.82 Å². The Morgan fingerprint density at radius 3 is 2.43 bits per heavy atom. The molecule has 0 aromatic heterocycles. The van der Waals surface area contributed by atoms with Gasteiger partial charge in [-0.25, -0.2) is 17.6 Å². The van der Waals surface area contributed by atoms with Crippen LogP contribution in [0.3, 0.4) is 0 Å². The van der Waals surface area contributed by atoms with Crippen molar-refractivity contribution in [3.8, 4) is 0 Å². The number of halogens is 2. The van der Waals surface area contributed by atoms with Crippen molar-refractivity contribution >= 4 is 37.6 Å². The number of aromatic carboxylic acids is 1. The highest BCUT2D eigenvalue weighted by atomic mass is 79.9. The average Bonchev–Trinajstić information content (AvgIpc) is 2.41. The first-order valence-electron chi connectivity index (χ1n) is 5.62. The van der Waals surface area contributed by atoms with Crippen molar-refractivity contribution in [1.29, 1.82) is 0 Å². The molecule has 5 nitrogen and oxygen atoms in total. The number of anilines is 1. The largest absolute Gasteiger partial charge is 0.478 e. The molecule has 0 atom stereocenters. The Kier molecular flexibility index (Phi) is 4.29. The monoisotopic (exact) mass is 373 g/mol.